The summed E-state index contributed by atoms with van der Waals surface area (Å²) in [5.41, 5.74) is 9.78. The number of rotatable bonds is 2. The van der Waals surface area contributed by atoms with E-state index in [0.717, 1.165) is 23.5 Å². The molecule has 0 fully saturated rings. The van der Waals surface area contributed by atoms with Gasteiger partial charge >= 0.3 is 0 Å². The molecule has 0 saturated carbocycles. The Hall–Kier alpha value is -2.00. The monoisotopic (exact) mass is 269 g/mol. The minimum absolute atomic E-state index is 0.0205. The number of methoxy groups -OCH3 is 1. The fourth-order valence-corrected chi connectivity index (χ4v) is 2.75. The van der Waals surface area contributed by atoms with E-state index in [1.54, 1.807) is 7.11 Å². The van der Waals surface area contributed by atoms with E-state index in [-0.39, 0.29) is 12.1 Å². The molecule has 0 aliphatic carbocycles. The number of benzene rings is 2. The molecule has 1 heterocycles. The molecule has 0 spiro atoms. The Morgan fingerprint density at radius 3 is 2.70 bits per heavy atom. The second kappa shape index (κ2) is 5.17. The number of hydrogen-bond donors (Lipinski definition) is 1. The van der Waals surface area contributed by atoms with Gasteiger partial charge in [0.2, 0.25) is 0 Å². The van der Waals surface area contributed by atoms with Gasteiger partial charge in [-0.3, -0.25) is 0 Å². The average Bonchev–Trinajstić information content (AvgIpc) is 2.47. The molecule has 3 rings (SSSR count). The summed E-state index contributed by atoms with van der Waals surface area (Å²) < 4.78 is 11.4. The largest absolute Gasteiger partial charge is 0.497 e. The fourth-order valence-electron chi connectivity index (χ4n) is 2.75. The standard InChI is InChI=1S/C17H19NO2/c1-11-5-3-4-6-13(11)17-10-15(18)14-9-12(19-2)7-8-16(14)20-17/h3-9,15,17H,10,18H2,1-2H3/t15-,17?/m1/s1. The van der Waals surface area contributed by atoms with Crippen LogP contribution < -0.4 is 15.2 Å². The van der Waals surface area contributed by atoms with Gasteiger partial charge in [0.05, 0.1) is 7.11 Å². The van der Waals surface area contributed by atoms with Crippen molar-refractivity contribution in [3.8, 4) is 11.5 Å². The van der Waals surface area contributed by atoms with Crippen LogP contribution >= 0.6 is 0 Å². The van der Waals surface area contributed by atoms with Crippen LogP contribution in [0.1, 0.15) is 35.3 Å². The number of ether oxygens (including phenoxy) is 2. The molecule has 0 aromatic heterocycles. The van der Waals surface area contributed by atoms with E-state index in [1.165, 1.54) is 11.1 Å². The number of hydrogen-bond acceptors (Lipinski definition) is 3. The highest BCUT2D eigenvalue weighted by atomic mass is 16.5. The first-order chi connectivity index (χ1) is 9.69. The van der Waals surface area contributed by atoms with Gasteiger partial charge in [-0.2, -0.15) is 0 Å². The van der Waals surface area contributed by atoms with Crippen molar-refractivity contribution in [2.75, 3.05) is 7.11 Å². The van der Waals surface area contributed by atoms with E-state index in [4.69, 9.17) is 15.2 Å². The van der Waals surface area contributed by atoms with Crippen LogP contribution in [0.25, 0.3) is 0 Å². The van der Waals surface area contributed by atoms with Crippen LogP contribution in [0, 0.1) is 6.92 Å². The van der Waals surface area contributed by atoms with Gasteiger partial charge in [-0.1, -0.05) is 24.3 Å². The highest BCUT2D eigenvalue weighted by molar-refractivity contribution is 5.44. The Balaban J connectivity index is 1.95. The van der Waals surface area contributed by atoms with Gasteiger partial charge in [-0.25, -0.2) is 0 Å². The van der Waals surface area contributed by atoms with Crippen molar-refractivity contribution < 1.29 is 9.47 Å². The molecule has 1 aliphatic heterocycles. The maximum atomic E-state index is 6.31. The normalized spacial score (nSPS) is 20.9. The molecule has 0 bridgehead atoms. The van der Waals surface area contributed by atoms with Crippen molar-refractivity contribution in [1.29, 1.82) is 0 Å². The van der Waals surface area contributed by atoms with Crippen molar-refractivity contribution >= 4 is 0 Å². The van der Waals surface area contributed by atoms with Crippen LogP contribution in [0.4, 0.5) is 0 Å². The summed E-state index contributed by atoms with van der Waals surface area (Å²) >= 11 is 0. The second-order valence-electron chi connectivity index (χ2n) is 5.21. The second-order valence-corrected chi connectivity index (χ2v) is 5.21. The summed E-state index contributed by atoms with van der Waals surface area (Å²) in [4.78, 5) is 0. The highest BCUT2D eigenvalue weighted by Crippen LogP contribution is 2.41. The van der Waals surface area contributed by atoms with Crippen molar-refractivity contribution in [3.63, 3.8) is 0 Å². The summed E-state index contributed by atoms with van der Waals surface area (Å²) in [6.45, 7) is 2.10. The topological polar surface area (TPSA) is 44.5 Å². The molecule has 2 aromatic carbocycles. The van der Waals surface area contributed by atoms with E-state index in [0.29, 0.717) is 0 Å². The zero-order valence-corrected chi connectivity index (χ0v) is 11.8. The summed E-state index contributed by atoms with van der Waals surface area (Å²) in [6, 6.07) is 14.1. The molecule has 0 amide bonds. The first kappa shape index (κ1) is 13.0. The van der Waals surface area contributed by atoms with Crippen molar-refractivity contribution in [3.05, 3.63) is 59.2 Å². The SMILES string of the molecule is COc1ccc2c(c1)[C@H](N)CC(c1ccccc1C)O2. The summed E-state index contributed by atoms with van der Waals surface area (Å²) in [5, 5.41) is 0. The van der Waals surface area contributed by atoms with Crippen molar-refractivity contribution in [2.45, 2.75) is 25.5 Å². The molecule has 2 N–H and O–H groups in total. The highest BCUT2D eigenvalue weighted by Gasteiger charge is 2.28. The van der Waals surface area contributed by atoms with Gasteiger partial charge < -0.3 is 15.2 Å². The molecule has 3 nitrogen and oxygen atoms in total. The van der Waals surface area contributed by atoms with Crippen LogP contribution in [-0.4, -0.2) is 7.11 Å². The van der Waals surface area contributed by atoms with E-state index >= 15 is 0 Å². The molecular formula is C17H19NO2. The Bertz CT molecular complexity index is 624. The predicted octanol–water partition coefficient (Wildman–Crippen LogP) is 3.53. The average molecular weight is 269 g/mol. The zero-order chi connectivity index (χ0) is 14.1. The first-order valence-corrected chi connectivity index (χ1v) is 6.84. The van der Waals surface area contributed by atoms with Crippen LogP contribution in [0.2, 0.25) is 0 Å². The Morgan fingerprint density at radius 1 is 1.15 bits per heavy atom. The molecule has 2 atom stereocenters. The molecule has 0 radical (unpaired) electrons. The summed E-state index contributed by atoms with van der Waals surface area (Å²) in [5.74, 6) is 1.68. The molecule has 104 valence electrons. The van der Waals surface area contributed by atoms with Crippen LogP contribution in [0.3, 0.4) is 0 Å². The van der Waals surface area contributed by atoms with Gasteiger partial charge in [0.25, 0.3) is 0 Å². The molecule has 1 unspecified atom stereocenters. The third-order valence-corrected chi connectivity index (χ3v) is 3.89. The van der Waals surface area contributed by atoms with E-state index < -0.39 is 0 Å². The van der Waals surface area contributed by atoms with Crippen LogP contribution in [0.15, 0.2) is 42.5 Å². The van der Waals surface area contributed by atoms with Gasteiger partial charge in [0.1, 0.15) is 17.6 Å². The van der Waals surface area contributed by atoms with Crippen molar-refractivity contribution in [1.82, 2.24) is 0 Å². The lowest BCUT2D eigenvalue weighted by Crippen LogP contribution is -2.24. The zero-order valence-electron chi connectivity index (χ0n) is 11.8. The number of aryl methyl sites for hydroxylation is 1. The molecular weight excluding hydrogens is 250 g/mol. The third-order valence-electron chi connectivity index (χ3n) is 3.89. The fraction of sp³-hybridized carbons (Fsp3) is 0.294. The quantitative estimate of drug-likeness (QED) is 0.907. The minimum Gasteiger partial charge on any atom is -0.497 e. The lowest BCUT2D eigenvalue weighted by molar-refractivity contribution is 0.160. The molecule has 0 saturated heterocycles. The first-order valence-electron chi connectivity index (χ1n) is 6.84. The van der Waals surface area contributed by atoms with Crippen molar-refractivity contribution in [2.24, 2.45) is 5.73 Å². The molecule has 2 aromatic rings. The minimum atomic E-state index is -0.0292. The summed E-state index contributed by atoms with van der Waals surface area (Å²) in [6.07, 6.45) is 0.803. The lowest BCUT2D eigenvalue weighted by atomic mass is 9.91. The Kier molecular flexibility index (Phi) is 3.36. The van der Waals surface area contributed by atoms with Gasteiger partial charge in [-0.05, 0) is 36.2 Å². The molecule has 1 aliphatic rings. The van der Waals surface area contributed by atoms with E-state index in [1.807, 2.05) is 30.3 Å². The van der Waals surface area contributed by atoms with Gasteiger partial charge in [0.15, 0.2) is 0 Å². The summed E-state index contributed by atoms with van der Waals surface area (Å²) in [7, 11) is 1.66. The lowest BCUT2D eigenvalue weighted by Gasteiger charge is -2.31. The third kappa shape index (κ3) is 2.25. The van der Waals surface area contributed by atoms with Gasteiger partial charge in [0, 0.05) is 18.0 Å². The Labute approximate surface area is 119 Å². The Morgan fingerprint density at radius 2 is 1.95 bits per heavy atom. The van der Waals surface area contributed by atoms with Gasteiger partial charge in [-0.15, -0.1) is 0 Å². The van der Waals surface area contributed by atoms with Crippen LogP contribution in [0.5, 0.6) is 11.5 Å². The van der Waals surface area contributed by atoms with E-state index in [2.05, 4.69) is 19.1 Å². The molecule has 3 heteroatoms. The predicted molar refractivity (Wildman–Crippen MR) is 79.1 cm³/mol. The van der Waals surface area contributed by atoms with Crippen LogP contribution in [-0.2, 0) is 0 Å². The number of fused-ring (bicyclic) bond motifs is 1. The van der Waals surface area contributed by atoms with E-state index in [9.17, 15) is 0 Å². The maximum Gasteiger partial charge on any atom is 0.126 e. The smallest absolute Gasteiger partial charge is 0.126 e. The number of nitrogens with two attached hydrogens (primary N) is 1. The maximum absolute atomic E-state index is 6.31. The molecule has 20 heavy (non-hydrogen) atoms.